The van der Waals surface area contributed by atoms with Crippen molar-refractivity contribution in [3.63, 3.8) is 0 Å². The van der Waals surface area contributed by atoms with Gasteiger partial charge in [-0.1, -0.05) is 0 Å². The van der Waals surface area contributed by atoms with Crippen LogP contribution in [0.1, 0.15) is 33.6 Å². The lowest BCUT2D eigenvalue weighted by molar-refractivity contribution is -0.146. The minimum Gasteiger partial charge on any atom is -0.480 e. The number of rotatable bonds is 1. The molecule has 2 rings (SSSR count). The molecule has 4 atom stereocenters. The lowest BCUT2D eigenvalue weighted by atomic mass is 9.98. The minimum atomic E-state index is -1.03. The molecule has 0 aromatic carbocycles. The summed E-state index contributed by atoms with van der Waals surface area (Å²) in [6.07, 6.45) is -0.308. The number of aliphatic carboxylic acids is 1. The largest absolute Gasteiger partial charge is 0.480 e. The number of likely N-dealkylation sites (tertiary alicyclic amines) is 1. The molecule has 1 saturated carbocycles. The average Bonchev–Trinajstić information content (AvgIpc) is 2.69. The van der Waals surface area contributed by atoms with Crippen molar-refractivity contribution in [2.75, 3.05) is 0 Å². The Bertz CT molecular complexity index is 375. The smallest absolute Gasteiger partial charge is 0.411 e. The molecule has 2 aliphatic rings. The van der Waals surface area contributed by atoms with Crippen LogP contribution in [0, 0.1) is 5.92 Å². The van der Waals surface area contributed by atoms with Crippen molar-refractivity contribution in [1.82, 2.24) is 4.90 Å². The summed E-state index contributed by atoms with van der Waals surface area (Å²) in [6.45, 7) is 5.18. The van der Waals surface area contributed by atoms with E-state index in [0.29, 0.717) is 12.8 Å². The van der Waals surface area contributed by atoms with Gasteiger partial charge in [0.25, 0.3) is 0 Å². The Morgan fingerprint density at radius 1 is 1.28 bits per heavy atom. The third-order valence-electron chi connectivity index (χ3n) is 3.49. The predicted molar refractivity (Wildman–Crippen MR) is 62.0 cm³/mol. The van der Waals surface area contributed by atoms with Gasteiger partial charge < -0.3 is 14.9 Å². The van der Waals surface area contributed by atoms with Crippen LogP contribution in [-0.2, 0) is 9.53 Å². The second kappa shape index (κ2) is 4.12. The Labute approximate surface area is 106 Å². The quantitative estimate of drug-likeness (QED) is 0.726. The number of fused-ring (bicyclic) bond motifs is 2. The highest BCUT2D eigenvalue weighted by molar-refractivity contribution is 5.82. The lowest BCUT2D eigenvalue weighted by Crippen LogP contribution is -2.54. The zero-order valence-corrected chi connectivity index (χ0v) is 10.8. The van der Waals surface area contributed by atoms with Crippen LogP contribution in [0.3, 0.4) is 0 Å². The van der Waals surface area contributed by atoms with E-state index >= 15 is 0 Å². The van der Waals surface area contributed by atoms with Crippen molar-refractivity contribution in [2.24, 2.45) is 5.92 Å². The normalized spacial score (nSPS) is 34.8. The van der Waals surface area contributed by atoms with Gasteiger partial charge in [0.15, 0.2) is 0 Å². The second-order valence-electron chi connectivity index (χ2n) is 6.04. The highest BCUT2D eigenvalue weighted by atomic mass is 16.6. The molecule has 0 aromatic rings. The number of carboxylic acid groups (broad SMARTS) is 1. The maximum absolute atomic E-state index is 12.0. The van der Waals surface area contributed by atoms with E-state index in [1.165, 1.54) is 4.90 Å². The second-order valence-corrected chi connectivity index (χ2v) is 6.04. The zero-order valence-electron chi connectivity index (χ0n) is 10.8. The molecule has 102 valence electrons. The summed E-state index contributed by atoms with van der Waals surface area (Å²) in [5.41, 5.74) is -0.674. The topological polar surface area (TPSA) is 87.1 Å². The Balaban J connectivity index is 2.19. The first-order chi connectivity index (χ1) is 8.20. The molecule has 1 heterocycles. The summed E-state index contributed by atoms with van der Waals surface area (Å²) >= 11 is 0. The summed E-state index contributed by atoms with van der Waals surface area (Å²) in [5, 5.41) is 19.0. The molecule has 1 saturated heterocycles. The molecular weight excluding hydrogens is 238 g/mol. The number of hydrogen-bond acceptors (Lipinski definition) is 4. The van der Waals surface area contributed by atoms with Crippen LogP contribution in [0.4, 0.5) is 4.79 Å². The summed E-state index contributed by atoms with van der Waals surface area (Å²) in [7, 11) is 0. The first kappa shape index (κ1) is 13.1. The summed E-state index contributed by atoms with van der Waals surface area (Å²) < 4.78 is 5.22. The predicted octanol–water partition coefficient (Wildman–Crippen LogP) is 0.830. The van der Waals surface area contributed by atoms with Gasteiger partial charge in [-0.25, -0.2) is 9.59 Å². The van der Waals surface area contributed by atoms with Crippen molar-refractivity contribution in [3.05, 3.63) is 0 Å². The lowest BCUT2D eigenvalue weighted by Gasteiger charge is -2.36. The van der Waals surface area contributed by atoms with Crippen LogP contribution >= 0.6 is 0 Å². The van der Waals surface area contributed by atoms with E-state index in [1.807, 2.05) is 0 Å². The van der Waals surface area contributed by atoms with Crippen molar-refractivity contribution >= 4 is 12.1 Å². The standard InChI is InChI=1S/C12H19NO5/c1-12(2,3)18-11(17)13-7-4-6(5-8(7)14)9(13)10(15)16/h6-9,14H,4-5H2,1-3H3,(H,15,16)/t6-,7?,8+,9?/m0/s1. The number of carbonyl (C=O) groups is 2. The first-order valence-electron chi connectivity index (χ1n) is 6.13. The van der Waals surface area contributed by atoms with E-state index in [0.717, 1.165) is 0 Å². The third kappa shape index (κ3) is 2.16. The Morgan fingerprint density at radius 3 is 2.39 bits per heavy atom. The summed E-state index contributed by atoms with van der Waals surface area (Å²) in [5.74, 6) is -1.20. The minimum absolute atomic E-state index is 0.171. The van der Waals surface area contributed by atoms with E-state index in [9.17, 15) is 19.8 Å². The maximum atomic E-state index is 12.0. The number of ether oxygens (including phenoxy) is 1. The number of aliphatic hydroxyl groups is 1. The van der Waals surface area contributed by atoms with Crippen LogP contribution in [0.5, 0.6) is 0 Å². The van der Waals surface area contributed by atoms with E-state index in [-0.39, 0.29) is 5.92 Å². The molecule has 2 fully saturated rings. The molecule has 0 spiro atoms. The van der Waals surface area contributed by atoms with Gasteiger partial charge in [0.2, 0.25) is 0 Å². The fraction of sp³-hybridized carbons (Fsp3) is 0.833. The number of carbonyl (C=O) groups excluding carboxylic acids is 1. The van der Waals surface area contributed by atoms with Gasteiger partial charge in [-0.2, -0.15) is 0 Å². The number of nitrogens with zero attached hydrogens (tertiary/aromatic N) is 1. The van der Waals surface area contributed by atoms with Crippen molar-refractivity contribution in [3.8, 4) is 0 Å². The highest BCUT2D eigenvalue weighted by Gasteiger charge is 2.56. The summed E-state index contributed by atoms with van der Waals surface area (Å²) in [6, 6.07) is -1.29. The van der Waals surface area contributed by atoms with Crippen molar-refractivity contribution < 1.29 is 24.5 Å². The van der Waals surface area contributed by atoms with Gasteiger partial charge in [0.1, 0.15) is 11.6 Å². The Kier molecular flexibility index (Phi) is 3.01. The number of aliphatic hydroxyl groups excluding tert-OH is 1. The van der Waals surface area contributed by atoms with E-state index in [1.54, 1.807) is 20.8 Å². The maximum Gasteiger partial charge on any atom is 0.411 e. The van der Waals surface area contributed by atoms with Gasteiger partial charge in [-0.15, -0.1) is 0 Å². The zero-order chi connectivity index (χ0) is 13.7. The average molecular weight is 257 g/mol. The number of carboxylic acids is 1. The Morgan fingerprint density at radius 2 is 1.89 bits per heavy atom. The molecule has 1 aliphatic heterocycles. The fourth-order valence-electron chi connectivity index (χ4n) is 2.91. The van der Waals surface area contributed by atoms with E-state index in [4.69, 9.17) is 4.74 Å². The van der Waals surface area contributed by atoms with Crippen LogP contribution in [-0.4, -0.2) is 51.0 Å². The molecule has 2 bridgehead atoms. The van der Waals surface area contributed by atoms with Crippen molar-refractivity contribution in [1.29, 1.82) is 0 Å². The molecule has 6 heteroatoms. The van der Waals surface area contributed by atoms with Crippen molar-refractivity contribution in [2.45, 2.75) is 57.4 Å². The molecule has 2 unspecified atom stereocenters. The molecule has 0 aromatic heterocycles. The van der Waals surface area contributed by atoms with Crippen LogP contribution < -0.4 is 0 Å². The van der Waals surface area contributed by atoms with E-state index < -0.39 is 35.9 Å². The fourth-order valence-corrected chi connectivity index (χ4v) is 2.91. The monoisotopic (exact) mass is 257 g/mol. The third-order valence-corrected chi connectivity index (χ3v) is 3.49. The van der Waals surface area contributed by atoms with Gasteiger partial charge in [-0.05, 0) is 39.5 Å². The molecule has 18 heavy (non-hydrogen) atoms. The molecule has 6 nitrogen and oxygen atoms in total. The van der Waals surface area contributed by atoms with Gasteiger partial charge >= 0.3 is 12.1 Å². The highest BCUT2D eigenvalue weighted by Crippen LogP contribution is 2.43. The van der Waals surface area contributed by atoms with Gasteiger partial charge in [0.05, 0.1) is 12.1 Å². The number of hydrogen-bond donors (Lipinski definition) is 2. The number of amides is 1. The summed E-state index contributed by atoms with van der Waals surface area (Å²) in [4.78, 5) is 24.5. The van der Waals surface area contributed by atoms with E-state index in [2.05, 4.69) is 0 Å². The van der Waals surface area contributed by atoms with Gasteiger partial charge in [-0.3, -0.25) is 4.90 Å². The van der Waals surface area contributed by atoms with Crippen LogP contribution in [0.25, 0.3) is 0 Å². The van der Waals surface area contributed by atoms with Crippen LogP contribution in [0.2, 0.25) is 0 Å². The molecule has 0 radical (unpaired) electrons. The molecule has 1 amide bonds. The van der Waals surface area contributed by atoms with Gasteiger partial charge in [0, 0.05) is 0 Å². The molecular formula is C12H19NO5. The first-order valence-corrected chi connectivity index (χ1v) is 6.13. The van der Waals surface area contributed by atoms with Crippen LogP contribution in [0.15, 0.2) is 0 Å². The Hall–Kier alpha value is -1.30. The molecule has 1 aliphatic carbocycles. The SMILES string of the molecule is CC(C)(C)OC(=O)N1C(C(=O)O)[C@H]2CC1[C@H](O)C2. The number of piperidine rings is 1. The molecule has 2 N–H and O–H groups in total.